The molecular weight excluding hydrogens is 248 g/mol. The van der Waals surface area contributed by atoms with Crippen LogP contribution in [-0.4, -0.2) is 18.2 Å². The van der Waals surface area contributed by atoms with E-state index in [0.717, 1.165) is 25.1 Å². The predicted octanol–water partition coefficient (Wildman–Crippen LogP) is 3.06. The van der Waals surface area contributed by atoms with Crippen molar-refractivity contribution >= 4 is 5.69 Å². The molecule has 0 aromatic heterocycles. The first-order valence-corrected chi connectivity index (χ1v) is 6.99. The minimum atomic E-state index is 0.311. The predicted molar refractivity (Wildman–Crippen MR) is 84.0 cm³/mol. The van der Waals surface area contributed by atoms with E-state index < -0.39 is 0 Å². The van der Waals surface area contributed by atoms with Crippen LogP contribution in [0, 0.1) is 6.92 Å². The lowest BCUT2D eigenvalue weighted by molar-refractivity contribution is 0.474. The van der Waals surface area contributed by atoms with Gasteiger partial charge in [-0.2, -0.15) is 0 Å². The molecule has 2 aromatic carbocycles. The second-order valence-corrected chi connectivity index (χ2v) is 5.02. The summed E-state index contributed by atoms with van der Waals surface area (Å²) in [6.45, 7) is 4.49. The van der Waals surface area contributed by atoms with Crippen molar-refractivity contribution in [3.63, 3.8) is 0 Å². The van der Waals surface area contributed by atoms with Gasteiger partial charge in [0.25, 0.3) is 0 Å². The lowest BCUT2D eigenvalue weighted by atomic mass is 10.1. The fourth-order valence-electron chi connectivity index (χ4n) is 2.36. The van der Waals surface area contributed by atoms with Crippen molar-refractivity contribution in [2.24, 2.45) is 5.73 Å². The molecule has 2 rings (SSSR count). The fraction of sp³-hybridized carbons (Fsp3) is 0.294. The van der Waals surface area contributed by atoms with E-state index in [0.29, 0.717) is 12.3 Å². The van der Waals surface area contributed by atoms with Crippen LogP contribution in [0.15, 0.2) is 48.5 Å². The van der Waals surface area contributed by atoms with E-state index >= 15 is 0 Å². The van der Waals surface area contributed by atoms with Crippen molar-refractivity contribution in [1.29, 1.82) is 0 Å². The van der Waals surface area contributed by atoms with Crippen molar-refractivity contribution in [2.75, 3.05) is 18.0 Å². The van der Waals surface area contributed by atoms with Crippen LogP contribution in [0.2, 0.25) is 0 Å². The molecule has 0 heterocycles. The fourth-order valence-corrected chi connectivity index (χ4v) is 2.36. The molecule has 20 heavy (non-hydrogen) atoms. The maximum atomic E-state index is 9.59. The lowest BCUT2D eigenvalue weighted by Crippen LogP contribution is -2.26. The average Bonchev–Trinajstić information content (AvgIpc) is 2.44. The van der Waals surface area contributed by atoms with Crippen molar-refractivity contribution in [1.82, 2.24) is 0 Å². The second kappa shape index (κ2) is 6.96. The molecule has 0 radical (unpaired) electrons. The summed E-state index contributed by atoms with van der Waals surface area (Å²) in [5.74, 6) is 0.311. The summed E-state index contributed by atoms with van der Waals surface area (Å²) in [5, 5.41) is 9.59. The highest BCUT2D eigenvalue weighted by atomic mass is 16.3. The van der Waals surface area contributed by atoms with Gasteiger partial charge in [0.05, 0.1) is 0 Å². The monoisotopic (exact) mass is 270 g/mol. The Labute approximate surface area is 120 Å². The number of phenolic OH excluding ortho intramolecular Hbond substituents is 1. The number of aryl methyl sites for hydroxylation is 1. The van der Waals surface area contributed by atoms with Gasteiger partial charge in [-0.05, 0) is 49.2 Å². The number of anilines is 1. The largest absolute Gasteiger partial charge is 0.508 e. The van der Waals surface area contributed by atoms with E-state index in [1.165, 1.54) is 11.3 Å². The Kier molecular flexibility index (Phi) is 5.02. The molecule has 3 N–H and O–H groups in total. The summed E-state index contributed by atoms with van der Waals surface area (Å²) >= 11 is 0. The van der Waals surface area contributed by atoms with Crippen LogP contribution in [0.1, 0.15) is 17.5 Å². The van der Waals surface area contributed by atoms with Crippen LogP contribution < -0.4 is 10.6 Å². The maximum Gasteiger partial charge on any atom is 0.115 e. The van der Waals surface area contributed by atoms with E-state index in [9.17, 15) is 5.11 Å². The summed E-state index contributed by atoms with van der Waals surface area (Å²) in [6, 6.07) is 15.8. The number of nitrogens with zero attached hydrogens (tertiary/aromatic N) is 1. The van der Waals surface area contributed by atoms with Crippen LogP contribution in [0.25, 0.3) is 0 Å². The number of phenols is 1. The first kappa shape index (κ1) is 14.4. The summed E-state index contributed by atoms with van der Waals surface area (Å²) in [6.07, 6.45) is 0.952. The minimum Gasteiger partial charge on any atom is -0.508 e. The molecule has 0 unspecified atom stereocenters. The zero-order valence-corrected chi connectivity index (χ0v) is 11.9. The first-order chi connectivity index (χ1) is 9.70. The number of rotatable bonds is 6. The van der Waals surface area contributed by atoms with Gasteiger partial charge in [0.15, 0.2) is 0 Å². The molecule has 2 aromatic rings. The lowest BCUT2D eigenvalue weighted by Gasteiger charge is -2.26. The van der Waals surface area contributed by atoms with Gasteiger partial charge in [-0.3, -0.25) is 0 Å². The number of aromatic hydroxyl groups is 1. The summed E-state index contributed by atoms with van der Waals surface area (Å²) in [4.78, 5) is 2.32. The Morgan fingerprint density at radius 1 is 1.10 bits per heavy atom. The Morgan fingerprint density at radius 2 is 1.90 bits per heavy atom. The third-order valence-electron chi connectivity index (χ3n) is 3.37. The first-order valence-electron chi connectivity index (χ1n) is 6.99. The highest BCUT2D eigenvalue weighted by Gasteiger charge is 2.09. The number of nitrogens with two attached hydrogens (primary N) is 1. The van der Waals surface area contributed by atoms with Crippen LogP contribution in [0.5, 0.6) is 5.75 Å². The third kappa shape index (κ3) is 3.75. The van der Waals surface area contributed by atoms with Gasteiger partial charge < -0.3 is 15.7 Å². The van der Waals surface area contributed by atoms with Crippen molar-refractivity contribution in [3.05, 3.63) is 59.7 Å². The molecule has 106 valence electrons. The molecule has 0 aliphatic heterocycles. The zero-order valence-electron chi connectivity index (χ0n) is 11.9. The quantitative estimate of drug-likeness (QED) is 0.848. The van der Waals surface area contributed by atoms with E-state index in [1.54, 1.807) is 6.07 Å². The van der Waals surface area contributed by atoms with Gasteiger partial charge in [0.1, 0.15) is 5.75 Å². The van der Waals surface area contributed by atoms with Crippen molar-refractivity contribution < 1.29 is 5.11 Å². The van der Waals surface area contributed by atoms with Gasteiger partial charge in [-0.15, -0.1) is 0 Å². The van der Waals surface area contributed by atoms with Gasteiger partial charge in [-0.25, -0.2) is 0 Å². The molecule has 0 saturated heterocycles. The molecule has 0 aliphatic carbocycles. The Morgan fingerprint density at radius 3 is 2.60 bits per heavy atom. The minimum absolute atomic E-state index is 0.311. The highest BCUT2D eigenvalue weighted by molar-refractivity contribution is 5.53. The number of benzene rings is 2. The van der Waals surface area contributed by atoms with Crippen LogP contribution in [-0.2, 0) is 6.54 Å². The topological polar surface area (TPSA) is 49.5 Å². The van der Waals surface area contributed by atoms with Crippen LogP contribution >= 0.6 is 0 Å². The van der Waals surface area contributed by atoms with Crippen molar-refractivity contribution in [2.45, 2.75) is 19.9 Å². The smallest absolute Gasteiger partial charge is 0.115 e. The van der Waals surface area contributed by atoms with Crippen LogP contribution in [0.4, 0.5) is 5.69 Å². The number of hydrogen-bond acceptors (Lipinski definition) is 3. The Bertz CT molecular complexity index is 554. The normalized spacial score (nSPS) is 10.5. The molecule has 0 bridgehead atoms. The van der Waals surface area contributed by atoms with Gasteiger partial charge >= 0.3 is 0 Å². The highest BCUT2D eigenvalue weighted by Crippen LogP contribution is 2.22. The molecule has 3 nitrogen and oxygen atoms in total. The average molecular weight is 270 g/mol. The van der Waals surface area contributed by atoms with Crippen molar-refractivity contribution in [3.8, 4) is 5.75 Å². The van der Waals surface area contributed by atoms with E-state index in [2.05, 4.69) is 30.0 Å². The van der Waals surface area contributed by atoms with E-state index in [-0.39, 0.29) is 0 Å². The molecule has 0 amide bonds. The molecule has 0 saturated carbocycles. The molecule has 3 heteroatoms. The van der Waals surface area contributed by atoms with Gasteiger partial charge in [0.2, 0.25) is 0 Å². The molecule has 0 spiro atoms. The molecular formula is C17H22N2O. The second-order valence-electron chi connectivity index (χ2n) is 5.02. The number of hydrogen-bond donors (Lipinski definition) is 2. The molecule has 0 atom stereocenters. The Hall–Kier alpha value is -2.00. The summed E-state index contributed by atoms with van der Waals surface area (Å²) < 4.78 is 0. The maximum absolute atomic E-state index is 9.59. The summed E-state index contributed by atoms with van der Waals surface area (Å²) in [7, 11) is 0. The molecule has 0 aliphatic rings. The van der Waals surface area contributed by atoms with E-state index in [1.807, 2.05) is 24.3 Å². The zero-order chi connectivity index (χ0) is 14.4. The third-order valence-corrected chi connectivity index (χ3v) is 3.37. The van der Waals surface area contributed by atoms with E-state index in [4.69, 9.17) is 5.73 Å². The van der Waals surface area contributed by atoms with Crippen LogP contribution in [0.3, 0.4) is 0 Å². The SMILES string of the molecule is Cc1ccccc1N(CCCN)Cc1cccc(O)c1. The summed E-state index contributed by atoms with van der Waals surface area (Å²) in [5.41, 5.74) is 9.23. The Balaban J connectivity index is 2.22. The number of para-hydroxylation sites is 1. The molecule has 0 fully saturated rings. The van der Waals surface area contributed by atoms with Gasteiger partial charge in [-0.1, -0.05) is 30.3 Å². The standard InChI is InChI=1S/C17H22N2O/c1-14-6-2-3-9-17(14)19(11-5-10-18)13-15-7-4-8-16(20)12-15/h2-4,6-9,12,20H,5,10-11,13,18H2,1H3. The van der Waals surface area contributed by atoms with Gasteiger partial charge in [0, 0.05) is 18.8 Å².